The Morgan fingerprint density at radius 1 is 1.41 bits per heavy atom. The van der Waals surface area contributed by atoms with E-state index in [0.29, 0.717) is 6.42 Å². The van der Waals surface area contributed by atoms with Crippen LogP contribution in [0.3, 0.4) is 0 Å². The molecule has 2 atom stereocenters. The molecular formula is C10H17NO5S. The first-order chi connectivity index (χ1) is 7.78. The highest BCUT2D eigenvalue weighted by molar-refractivity contribution is 7.91. The fourth-order valence-electron chi connectivity index (χ4n) is 2.12. The van der Waals surface area contributed by atoms with E-state index in [0.717, 1.165) is 0 Å². The zero-order chi connectivity index (χ0) is 13.2. The van der Waals surface area contributed by atoms with Crippen molar-refractivity contribution in [2.75, 3.05) is 18.6 Å². The van der Waals surface area contributed by atoms with E-state index in [9.17, 15) is 18.0 Å². The molecule has 7 heteroatoms. The number of rotatable bonds is 3. The Kier molecular flexibility index (Phi) is 4.13. The Labute approximate surface area is 101 Å². The van der Waals surface area contributed by atoms with Gasteiger partial charge in [0.1, 0.15) is 6.04 Å². The third-order valence-corrected chi connectivity index (χ3v) is 4.68. The smallest absolute Gasteiger partial charge is 0.328 e. The van der Waals surface area contributed by atoms with Gasteiger partial charge in [0.25, 0.3) is 0 Å². The molecule has 1 aliphatic heterocycles. The van der Waals surface area contributed by atoms with Crippen LogP contribution in [0.25, 0.3) is 0 Å². The molecule has 1 rings (SSSR count). The van der Waals surface area contributed by atoms with Gasteiger partial charge in [-0.1, -0.05) is 0 Å². The average Bonchev–Trinajstić information content (AvgIpc) is 2.57. The van der Waals surface area contributed by atoms with Gasteiger partial charge in [0.2, 0.25) is 5.91 Å². The monoisotopic (exact) mass is 263 g/mol. The summed E-state index contributed by atoms with van der Waals surface area (Å²) in [6.45, 7) is 2.86. The second kappa shape index (κ2) is 5.03. The van der Waals surface area contributed by atoms with Gasteiger partial charge in [-0.05, 0) is 13.3 Å². The zero-order valence-corrected chi connectivity index (χ0v) is 11.0. The molecule has 0 bridgehead atoms. The predicted octanol–water partition coefficient (Wildman–Crippen LogP) is -0.416. The topological polar surface area (TPSA) is 80.8 Å². The van der Waals surface area contributed by atoms with E-state index in [1.807, 2.05) is 0 Å². The second-order valence-electron chi connectivity index (χ2n) is 4.18. The van der Waals surface area contributed by atoms with Gasteiger partial charge in [0.15, 0.2) is 9.84 Å². The van der Waals surface area contributed by atoms with Crippen LogP contribution >= 0.6 is 0 Å². The minimum absolute atomic E-state index is 0.0648. The predicted molar refractivity (Wildman–Crippen MR) is 61.1 cm³/mol. The minimum atomic E-state index is -3.09. The first kappa shape index (κ1) is 14.0. The highest BCUT2D eigenvalue weighted by Gasteiger charge is 2.38. The van der Waals surface area contributed by atoms with E-state index in [2.05, 4.69) is 4.74 Å². The molecule has 1 fully saturated rings. The van der Waals surface area contributed by atoms with Crippen LogP contribution in [0.5, 0.6) is 0 Å². The molecule has 0 aromatic heterocycles. The van der Waals surface area contributed by atoms with E-state index < -0.39 is 27.9 Å². The summed E-state index contributed by atoms with van der Waals surface area (Å²) in [7, 11) is -1.85. The van der Waals surface area contributed by atoms with Gasteiger partial charge in [0.05, 0.1) is 18.6 Å². The van der Waals surface area contributed by atoms with Crippen molar-refractivity contribution in [2.45, 2.75) is 32.4 Å². The summed E-state index contributed by atoms with van der Waals surface area (Å²) in [5.41, 5.74) is 0. The Morgan fingerprint density at radius 2 is 2.00 bits per heavy atom. The first-order valence-corrected chi connectivity index (χ1v) is 7.18. The number of ether oxygens (including phenoxy) is 1. The molecule has 0 radical (unpaired) electrons. The van der Waals surface area contributed by atoms with Gasteiger partial charge >= 0.3 is 5.97 Å². The maximum absolute atomic E-state index is 11.5. The van der Waals surface area contributed by atoms with Crippen LogP contribution in [0.15, 0.2) is 0 Å². The first-order valence-electron chi connectivity index (χ1n) is 5.35. The number of nitrogens with zero attached hydrogens (tertiary/aromatic N) is 1. The van der Waals surface area contributed by atoms with Gasteiger partial charge in [0, 0.05) is 13.0 Å². The molecule has 0 saturated carbocycles. The summed E-state index contributed by atoms with van der Waals surface area (Å²) in [6, 6.07) is -1.18. The Balaban J connectivity index is 2.88. The Bertz CT molecular complexity index is 416. The molecule has 0 aromatic rings. The molecule has 1 aliphatic rings. The number of carbonyl (C=O) groups excluding carboxylic acids is 2. The third kappa shape index (κ3) is 3.18. The van der Waals surface area contributed by atoms with Crippen molar-refractivity contribution in [3.8, 4) is 0 Å². The van der Waals surface area contributed by atoms with Gasteiger partial charge in [-0.25, -0.2) is 13.2 Å². The molecule has 6 nitrogen and oxygen atoms in total. The second-order valence-corrected chi connectivity index (χ2v) is 6.41. The molecule has 1 heterocycles. The van der Waals surface area contributed by atoms with Gasteiger partial charge < -0.3 is 9.64 Å². The van der Waals surface area contributed by atoms with Crippen molar-refractivity contribution in [1.82, 2.24) is 4.90 Å². The summed E-state index contributed by atoms with van der Waals surface area (Å²) in [4.78, 5) is 24.2. The fourth-order valence-corrected chi connectivity index (χ4v) is 3.84. The standard InChI is InChI=1S/C10H17NO5S/c1-7(10(13)16-3)11(8(2)12)9-4-5-17(14,15)6-9/h7,9H,4-6H2,1-3H3/t7-,9+/m1/s1. The summed E-state index contributed by atoms with van der Waals surface area (Å²) >= 11 is 0. The average molecular weight is 263 g/mol. The normalized spacial score (nSPS) is 24.1. The maximum Gasteiger partial charge on any atom is 0.328 e. The van der Waals surface area contributed by atoms with Crippen LogP contribution in [-0.4, -0.2) is 55.9 Å². The third-order valence-electron chi connectivity index (χ3n) is 2.92. The molecule has 0 N–H and O–H groups in total. The number of amides is 1. The minimum Gasteiger partial charge on any atom is -0.467 e. The van der Waals surface area contributed by atoms with E-state index in [-0.39, 0.29) is 17.4 Å². The van der Waals surface area contributed by atoms with Crippen LogP contribution in [0.1, 0.15) is 20.3 Å². The summed E-state index contributed by atoms with van der Waals surface area (Å²) in [5, 5.41) is 0. The molecule has 1 saturated heterocycles. The molecule has 0 aliphatic carbocycles. The number of hydrogen-bond acceptors (Lipinski definition) is 5. The lowest BCUT2D eigenvalue weighted by molar-refractivity contribution is -0.152. The molecule has 0 unspecified atom stereocenters. The molecule has 0 aromatic carbocycles. The Morgan fingerprint density at radius 3 is 2.35 bits per heavy atom. The number of methoxy groups -OCH3 is 1. The van der Waals surface area contributed by atoms with Crippen molar-refractivity contribution in [1.29, 1.82) is 0 Å². The summed E-state index contributed by atoms with van der Waals surface area (Å²) in [5.74, 6) is -0.863. The summed E-state index contributed by atoms with van der Waals surface area (Å²) < 4.78 is 27.3. The SMILES string of the molecule is COC(=O)[C@@H](C)N(C(C)=O)[C@H]1CCS(=O)(=O)C1. The lowest BCUT2D eigenvalue weighted by Crippen LogP contribution is -2.49. The Hall–Kier alpha value is -1.11. The number of carbonyl (C=O) groups is 2. The quantitative estimate of drug-likeness (QED) is 0.646. The molecule has 98 valence electrons. The largest absolute Gasteiger partial charge is 0.467 e. The maximum atomic E-state index is 11.5. The highest BCUT2D eigenvalue weighted by atomic mass is 32.2. The van der Waals surface area contributed by atoms with Gasteiger partial charge in [-0.2, -0.15) is 0 Å². The molecule has 17 heavy (non-hydrogen) atoms. The molecule has 1 amide bonds. The van der Waals surface area contributed by atoms with E-state index in [1.54, 1.807) is 0 Å². The summed E-state index contributed by atoms with van der Waals surface area (Å²) in [6.07, 6.45) is 0.378. The van der Waals surface area contributed by atoms with E-state index in [4.69, 9.17) is 0 Å². The van der Waals surface area contributed by atoms with Crippen LogP contribution in [0, 0.1) is 0 Å². The van der Waals surface area contributed by atoms with Gasteiger partial charge in [-0.3, -0.25) is 4.79 Å². The van der Waals surface area contributed by atoms with Gasteiger partial charge in [-0.15, -0.1) is 0 Å². The van der Waals surface area contributed by atoms with E-state index >= 15 is 0 Å². The zero-order valence-electron chi connectivity index (χ0n) is 10.2. The van der Waals surface area contributed by atoms with Crippen molar-refractivity contribution in [3.63, 3.8) is 0 Å². The number of sulfone groups is 1. The highest BCUT2D eigenvalue weighted by Crippen LogP contribution is 2.20. The van der Waals surface area contributed by atoms with Crippen LogP contribution < -0.4 is 0 Å². The van der Waals surface area contributed by atoms with Crippen molar-refractivity contribution < 1.29 is 22.7 Å². The van der Waals surface area contributed by atoms with Crippen LogP contribution in [0.2, 0.25) is 0 Å². The fraction of sp³-hybridized carbons (Fsp3) is 0.800. The van der Waals surface area contributed by atoms with Crippen molar-refractivity contribution in [3.05, 3.63) is 0 Å². The van der Waals surface area contributed by atoms with Crippen molar-refractivity contribution >= 4 is 21.7 Å². The number of hydrogen-bond donors (Lipinski definition) is 0. The van der Waals surface area contributed by atoms with Crippen LogP contribution in [-0.2, 0) is 24.2 Å². The van der Waals surface area contributed by atoms with Crippen molar-refractivity contribution in [2.24, 2.45) is 0 Å². The lowest BCUT2D eigenvalue weighted by atomic mass is 10.1. The van der Waals surface area contributed by atoms with Crippen LogP contribution in [0.4, 0.5) is 0 Å². The number of esters is 1. The molecule has 0 spiro atoms. The van der Waals surface area contributed by atoms with E-state index in [1.165, 1.54) is 25.9 Å². The lowest BCUT2D eigenvalue weighted by Gasteiger charge is -2.31. The molecular weight excluding hydrogens is 246 g/mol.